The minimum Gasteiger partial charge on any atom is -0.480 e. The number of nitrogens with zero attached hydrogens (tertiary/aromatic N) is 1. The lowest BCUT2D eigenvalue weighted by atomic mass is 10.2. The van der Waals surface area contributed by atoms with E-state index in [4.69, 9.17) is 16.6 Å². The largest absolute Gasteiger partial charge is 0.480 e. The normalized spacial score (nSPS) is 18.3. The van der Waals surface area contributed by atoms with Gasteiger partial charge < -0.3 is 9.52 Å². The molecular formula is C14H15NO4S3. The van der Waals surface area contributed by atoms with Gasteiger partial charge in [-0.05, 0) is 37.5 Å². The highest BCUT2D eigenvalue weighted by atomic mass is 32.2. The van der Waals surface area contributed by atoms with Crippen LogP contribution in [0.4, 0.5) is 0 Å². The number of amides is 1. The minimum absolute atomic E-state index is 0.271. The number of rotatable bonds is 6. The zero-order chi connectivity index (χ0) is 16.3. The minimum atomic E-state index is -1.04. The number of furan rings is 1. The molecule has 1 amide bonds. The Balaban J connectivity index is 2.23. The van der Waals surface area contributed by atoms with Crippen LogP contribution in [0, 0.1) is 6.92 Å². The van der Waals surface area contributed by atoms with Crippen molar-refractivity contribution < 1.29 is 19.1 Å². The summed E-state index contributed by atoms with van der Waals surface area (Å²) in [7, 11) is 0. The molecule has 8 heteroatoms. The second-order valence-corrected chi connectivity index (χ2v) is 7.30. The van der Waals surface area contributed by atoms with Gasteiger partial charge in [0.1, 0.15) is 21.9 Å². The Morgan fingerprint density at radius 3 is 2.86 bits per heavy atom. The zero-order valence-corrected chi connectivity index (χ0v) is 14.5. The summed E-state index contributed by atoms with van der Waals surface area (Å²) in [6.07, 6.45) is 3.85. The lowest BCUT2D eigenvalue weighted by Gasteiger charge is -2.22. The molecular weight excluding hydrogens is 342 g/mol. The molecule has 0 radical (unpaired) electrons. The molecule has 0 spiro atoms. The van der Waals surface area contributed by atoms with Gasteiger partial charge in [0.2, 0.25) is 0 Å². The van der Waals surface area contributed by atoms with E-state index in [9.17, 15) is 14.7 Å². The molecule has 0 aromatic carbocycles. The van der Waals surface area contributed by atoms with Crippen molar-refractivity contribution in [3.63, 3.8) is 0 Å². The van der Waals surface area contributed by atoms with E-state index in [2.05, 4.69) is 0 Å². The van der Waals surface area contributed by atoms with Gasteiger partial charge in [-0.15, -0.1) is 0 Å². The van der Waals surface area contributed by atoms with Gasteiger partial charge in [0, 0.05) is 6.08 Å². The molecule has 1 aromatic heterocycles. The van der Waals surface area contributed by atoms with Crippen LogP contribution in [-0.2, 0) is 9.59 Å². The van der Waals surface area contributed by atoms with E-state index in [1.807, 2.05) is 13.2 Å². The number of carbonyl (C=O) groups is 2. The van der Waals surface area contributed by atoms with E-state index in [-0.39, 0.29) is 10.2 Å². The third kappa shape index (κ3) is 3.74. The van der Waals surface area contributed by atoms with Crippen LogP contribution in [0.2, 0.25) is 0 Å². The van der Waals surface area contributed by atoms with Crippen molar-refractivity contribution in [3.05, 3.63) is 28.6 Å². The number of carbonyl (C=O) groups excluding carboxylic acids is 1. The van der Waals surface area contributed by atoms with Gasteiger partial charge in [-0.2, -0.15) is 11.8 Å². The Kier molecular flexibility index (Phi) is 5.71. The van der Waals surface area contributed by atoms with Crippen molar-refractivity contribution in [1.82, 2.24) is 4.90 Å². The average Bonchev–Trinajstić information content (AvgIpc) is 2.97. The fraction of sp³-hybridized carbons (Fsp3) is 0.357. The Hall–Kier alpha value is -1.25. The highest BCUT2D eigenvalue weighted by molar-refractivity contribution is 8.26. The quantitative estimate of drug-likeness (QED) is 0.620. The first-order chi connectivity index (χ1) is 10.4. The Morgan fingerprint density at radius 1 is 1.59 bits per heavy atom. The van der Waals surface area contributed by atoms with Crippen molar-refractivity contribution >= 4 is 58.0 Å². The zero-order valence-electron chi connectivity index (χ0n) is 12.1. The first-order valence-corrected chi connectivity index (χ1v) is 9.11. The molecule has 2 rings (SSSR count). The molecule has 1 aromatic rings. The molecule has 1 N–H and O–H groups in total. The number of thiocarbonyl (C=S) groups is 1. The van der Waals surface area contributed by atoms with E-state index in [0.29, 0.717) is 22.8 Å². The molecule has 1 aliphatic heterocycles. The Bertz CT molecular complexity index is 638. The maximum absolute atomic E-state index is 12.5. The number of carboxylic acid groups (broad SMARTS) is 1. The third-order valence-corrected chi connectivity index (χ3v) is 5.02. The van der Waals surface area contributed by atoms with Gasteiger partial charge >= 0.3 is 5.97 Å². The third-order valence-electron chi connectivity index (χ3n) is 3.05. The van der Waals surface area contributed by atoms with Crippen molar-refractivity contribution in [2.75, 3.05) is 12.0 Å². The molecule has 1 unspecified atom stereocenters. The molecule has 5 nitrogen and oxygen atoms in total. The molecule has 1 fully saturated rings. The predicted octanol–water partition coefficient (Wildman–Crippen LogP) is 3.00. The van der Waals surface area contributed by atoms with Crippen LogP contribution in [0.15, 0.2) is 21.5 Å². The second-order valence-electron chi connectivity index (χ2n) is 4.64. The van der Waals surface area contributed by atoms with Crippen LogP contribution in [0.25, 0.3) is 6.08 Å². The van der Waals surface area contributed by atoms with E-state index >= 15 is 0 Å². The maximum Gasteiger partial charge on any atom is 0.326 e. The summed E-state index contributed by atoms with van der Waals surface area (Å²) < 4.78 is 5.69. The molecule has 0 saturated carbocycles. The molecule has 1 atom stereocenters. The smallest absolute Gasteiger partial charge is 0.326 e. The molecule has 1 aliphatic rings. The molecule has 22 heavy (non-hydrogen) atoms. The lowest BCUT2D eigenvalue weighted by Crippen LogP contribution is -2.44. The first kappa shape index (κ1) is 17.1. The fourth-order valence-electron chi connectivity index (χ4n) is 2.00. The lowest BCUT2D eigenvalue weighted by molar-refractivity contribution is -0.145. The molecule has 0 bridgehead atoms. The number of hydrogen-bond donors (Lipinski definition) is 1. The van der Waals surface area contributed by atoms with Gasteiger partial charge in [0.05, 0.1) is 4.91 Å². The van der Waals surface area contributed by atoms with Crippen molar-refractivity contribution in [3.8, 4) is 0 Å². The van der Waals surface area contributed by atoms with Crippen LogP contribution < -0.4 is 0 Å². The summed E-state index contributed by atoms with van der Waals surface area (Å²) in [5.41, 5.74) is 0. The van der Waals surface area contributed by atoms with Crippen molar-refractivity contribution in [2.24, 2.45) is 0 Å². The van der Waals surface area contributed by atoms with Gasteiger partial charge in [0.15, 0.2) is 0 Å². The van der Waals surface area contributed by atoms with Gasteiger partial charge in [-0.3, -0.25) is 9.69 Å². The van der Waals surface area contributed by atoms with Crippen LogP contribution >= 0.6 is 35.7 Å². The van der Waals surface area contributed by atoms with Crippen LogP contribution in [0.5, 0.6) is 0 Å². The summed E-state index contributed by atoms with van der Waals surface area (Å²) in [6.45, 7) is 1.81. The van der Waals surface area contributed by atoms with Crippen LogP contribution in [0.3, 0.4) is 0 Å². The molecule has 118 valence electrons. The standard InChI is InChI=1S/C14H15NO4S3/c1-8-3-4-9(19-8)7-11-12(16)15(14(20)22-11)10(13(17)18)5-6-21-2/h3-4,7,10H,5-6H2,1-2H3,(H,17,18)/b11-7-. The maximum atomic E-state index is 12.5. The number of carboxylic acids is 1. The Morgan fingerprint density at radius 2 is 2.32 bits per heavy atom. The molecule has 2 heterocycles. The highest BCUT2D eigenvalue weighted by Gasteiger charge is 2.40. The highest BCUT2D eigenvalue weighted by Crippen LogP contribution is 2.35. The van der Waals surface area contributed by atoms with E-state index in [1.54, 1.807) is 18.2 Å². The number of aliphatic carboxylic acids is 1. The van der Waals surface area contributed by atoms with E-state index < -0.39 is 12.0 Å². The fourth-order valence-corrected chi connectivity index (χ4v) is 3.80. The first-order valence-electron chi connectivity index (χ1n) is 6.49. The molecule has 1 saturated heterocycles. The van der Waals surface area contributed by atoms with Crippen LogP contribution in [0.1, 0.15) is 17.9 Å². The van der Waals surface area contributed by atoms with Crippen molar-refractivity contribution in [2.45, 2.75) is 19.4 Å². The predicted molar refractivity (Wildman–Crippen MR) is 92.9 cm³/mol. The van der Waals surface area contributed by atoms with Gasteiger partial charge in [-0.1, -0.05) is 24.0 Å². The number of thioether (sulfide) groups is 2. The monoisotopic (exact) mass is 357 g/mol. The van der Waals surface area contributed by atoms with Crippen LogP contribution in [-0.4, -0.2) is 44.3 Å². The van der Waals surface area contributed by atoms with Crippen molar-refractivity contribution in [1.29, 1.82) is 0 Å². The van der Waals surface area contributed by atoms with Gasteiger partial charge in [-0.25, -0.2) is 4.79 Å². The number of hydrogen-bond acceptors (Lipinski definition) is 6. The Labute approximate surface area is 142 Å². The molecule has 0 aliphatic carbocycles. The SMILES string of the molecule is CSCCC(C(=O)O)N1C(=O)/C(=C/c2ccc(C)o2)SC1=S. The number of aryl methyl sites for hydroxylation is 1. The average molecular weight is 357 g/mol. The second kappa shape index (κ2) is 7.34. The summed E-state index contributed by atoms with van der Waals surface area (Å²) in [5, 5.41) is 9.37. The topological polar surface area (TPSA) is 70.8 Å². The summed E-state index contributed by atoms with van der Waals surface area (Å²) >= 11 is 7.83. The summed E-state index contributed by atoms with van der Waals surface area (Å²) in [4.78, 5) is 25.5. The van der Waals surface area contributed by atoms with E-state index in [0.717, 1.165) is 17.5 Å². The van der Waals surface area contributed by atoms with Gasteiger partial charge in [0.25, 0.3) is 5.91 Å². The van der Waals surface area contributed by atoms with E-state index in [1.165, 1.54) is 16.7 Å². The summed E-state index contributed by atoms with van der Waals surface area (Å²) in [6, 6.07) is 2.62. The summed E-state index contributed by atoms with van der Waals surface area (Å²) in [5.74, 6) is 0.516.